The zero-order chi connectivity index (χ0) is 27.5. The number of nitrogens with two attached hydrogens (primary N) is 1. The van der Waals surface area contributed by atoms with E-state index in [0.717, 1.165) is 75.5 Å². The molecule has 5 rings (SSSR count). The number of nitrogen functional groups attached to an aromatic ring is 1. The minimum absolute atomic E-state index is 0.128. The van der Waals surface area contributed by atoms with E-state index in [2.05, 4.69) is 68.1 Å². The molecule has 2 aromatic rings. The van der Waals surface area contributed by atoms with Crippen molar-refractivity contribution in [3.05, 3.63) is 65.5 Å². The number of anilines is 4. The first-order chi connectivity index (χ1) is 18.8. The lowest BCUT2D eigenvalue weighted by Gasteiger charge is -2.35. The van der Waals surface area contributed by atoms with Gasteiger partial charge in [0, 0.05) is 49.4 Å². The minimum Gasteiger partial charge on any atom is -0.393 e. The number of hydrogen-bond acceptors (Lipinski definition) is 8. The van der Waals surface area contributed by atoms with Crippen LogP contribution in [0.5, 0.6) is 0 Å². The number of aromatic nitrogens is 2. The molecular weight excluding hydrogens is 515 g/mol. The molecular formula is C29H38ClFN8. The van der Waals surface area contributed by atoms with Gasteiger partial charge in [0.1, 0.15) is 17.7 Å². The highest BCUT2D eigenvalue weighted by atomic mass is 35.5. The smallest absolute Gasteiger partial charge is 0.158 e. The molecule has 0 radical (unpaired) electrons. The molecule has 2 fully saturated rings. The first kappa shape index (κ1) is 27.4. The first-order valence-electron chi connectivity index (χ1n) is 13.6. The third-order valence-corrected chi connectivity index (χ3v) is 8.34. The van der Waals surface area contributed by atoms with Crippen molar-refractivity contribution >= 4 is 40.1 Å². The van der Waals surface area contributed by atoms with Crippen molar-refractivity contribution in [3.8, 4) is 0 Å². The molecule has 10 heteroatoms. The topological polar surface area (TPSA) is 85.6 Å². The molecule has 208 valence electrons. The van der Waals surface area contributed by atoms with Gasteiger partial charge in [-0.15, -0.1) is 0 Å². The Morgan fingerprint density at radius 3 is 2.49 bits per heavy atom. The number of halogens is 2. The largest absolute Gasteiger partial charge is 0.393 e. The van der Waals surface area contributed by atoms with Gasteiger partial charge in [0.2, 0.25) is 0 Å². The molecule has 3 aliphatic rings. The van der Waals surface area contributed by atoms with Gasteiger partial charge < -0.3 is 31.1 Å². The highest BCUT2D eigenvalue weighted by Crippen LogP contribution is 2.38. The highest BCUT2D eigenvalue weighted by Gasteiger charge is 2.25. The predicted octanol–water partition coefficient (Wildman–Crippen LogP) is 4.50. The van der Waals surface area contributed by atoms with Crippen molar-refractivity contribution in [2.45, 2.75) is 25.3 Å². The summed E-state index contributed by atoms with van der Waals surface area (Å²) in [5.41, 5.74) is 9.89. The van der Waals surface area contributed by atoms with E-state index in [1.807, 2.05) is 18.2 Å². The Morgan fingerprint density at radius 2 is 1.79 bits per heavy atom. The first-order valence-corrected chi connectivity index (χ1v) is 14.0. The minimum atomic E-state index is -0.349. The Kier molecular flexibility index (Phi) is 8.40. The van der Waals surface area contributed by atoms with E-state index >= 15 is 4.39 Å². The molecule has 1 unspecified atom stereocenters. The normalized spacial score (nSPS) is 21.1. The summed E-state index contributed by atoms with van der Waals surface area (Å²) in [6.07, 6.45) is 10.5. The molecule has 1 atom stereocenters. The van der Waals surface area contributed by atoms with Crippen LogP contribution in [0.2, 0.25) is 5.15 Å². The molecule has 0 amide bonds. The van der Waals surface area contributed by atoms with E-state index in [-0.39, 0.29) is 28.5 Å². The zero-order valence-corrected chi connectivity index (χ0v) is 23.5. The fourth-order valence-corrected chi connectivity index (χ4v) is 5.58. The lowest BCUT2D eigenvalue weighted by molar-refractivity contribution is 0.233. The zero-order valence-electron chi connectivity index (χ0n) is 22.8. The van der Waals surface area contributed by atoms with Crippen LogP contribution in [0.3, 0.4) is 0 Å². The molecule has 3 heterocycles. The van der Waals surface area contributed by atoms with Crippen LogP contribution in [0.25, 0.3) is 5.57 Å². The van der Waals surface area contributed by atoms with Gasteiger partial charge in [-0.05, 0) is 64.2 Å². The molecule has 0 spiro atoms. The molecule has 39 heavy (non-hydrogen) atoms. The standard InChI is InChI=1S/C29H38ClFN8/c1-19(20-10-12-37(2)13-11-20)35-22-6-4-21(5-7-22)23-8-9-24(39-16-14-38(3)15-17-39)27(25(23)31)36-29-26(32)28(30)33-18-34-29/h4-6,8-9,18,20,22,35H,1,7,10-17,32H2,2-3H3,(H,33,34,36). The maximum absolute atomic E-state index is 16.3. The van der Waals surface area contributed by atoms with E-state index in [4.69, 9.17) is 17.3 Å². The predicted molar refractivity (Wildman–Crippen MR) is 159 cm³/mol. The number of likely N-dealkylation sites (N-methyl/N-ethyl adjacent to an activating group) is 1. The number of rotatable bonds is 7. The summed E-state index contributed by atoms with van der Waals surface area (Å²) in [6, 6.07) is 3.99. The number of hydrogen-bond donors (Lipinski definition) is 3. The molecule has 1 aliphatic carbocycles. The SMILES string of the molecule is C=C(NC1C=CC(c2ccc(N3CCN(C)CC3)c(Nc3ncnc(Cl)c3N)c2F)=CC1)C1CCN(C)CC1. The Labute approximate surface area is 235 Å². The Balaban J connectivity index is 1.37. The lowest BCUT2D eigenvalue weighted by Crippen LogP contribution is -2.44. The van der Waals surface area contributed by atoms with Crippen LogP contribution in [0.4, 0.5) is 27.3 Å². The fraction of sp³-hybridized carbons (Fsp3) is 0.448. The summed E-state index contributed by atoms with van der Waals surface area (Å²) in [5, 5.41) is 6.87. The van der Waals surface area contributed by atoms with Crippen molar-refractivity contribution in [1.29, 1.82) is 0 Å². The number of benzene rings is 1. The van der Waals surface area contributed by atoms with Crippen LogP contribution in [0.15, 0.2) is 49.0 Å². The van der Waals surface area contributed by atoms with Crippen molar-refractivity contribution in [3.63, 3.8) is 0 Å². The number of nitrogens with zero attached hydrogens (tertiary/aromatic N) is 5. The summed E-state index contributed by atoms with van der Waals surface area (Å²) in [5.74, 6) is 0.431. The molecule has 1 aromatic carbocycles. The number of piperidine rings is 1. The Bertz CT molecular complexity index is 1260. The van der Waals surface area contributed by atoms with Crippen LogP contribution in [-0.4, -0.2) is 79.2 Å². The maximum Gasteiger partial charge on any atom is 0.158 e. The van der Waals surface area contributed by atoms with Crippen LogP contribution in [0.1, 0.15) is 24.8 Å². The number of allylic oxidation sites excluding steroid dienone is 3. The molecule has 2 aliphatic heterocycles. The van der Waals surface area contributed by atoms with E-state index < -0.39 is 0 Å². The quantitative estimate of drug-likeness (QED) is 0.433. The average Bonchev–Trinajstić information content (AvgIpc) is 2.93. The highest BCUT2D eigenvalue weighted by molar-refractivity contribution is 6.32. The average molecular weight is 553 g/mol. The number of piperazine rings is 1. The molecule has 0 bridgehead atoms. The second-order valence-electron chi connectivity index (χ2n) is 10.8. The van der Waals surface area contributed by atoms with Gasteiger partial charge in [0.25, 0.3) is 0 Å². The second kappa shape index (κ2) is 11.9. The van der Waals surface area contributed by atoms with E-state index in [1.54, 1.807) is 0 Å². The molecule has 4 N–H and O–H groups in total. The third kappa shape index (κ3) is 6.21. The summed E-state index contributed by atoms with van der Waals surface area (Å²) in [6.45, 7) is 9.90. The lowest BCUT2D eigenvalue weighted by atomic mass is 9.92. The van der Waals surface area contributed by atoms with Crippen LogP contribution in [0, 0.1) is 11.7 Å². The molecule has 0 saturated carbocycles. The molecule has 1 aromatic heterocycles. The third-order valence-electron chi connectivity index (χ3n) is 8.04. The van der Waals surface area contributed by atoms with Gasteiger partial charge in [0.05, 0.1) is 5.69 Å². The van der Waals surface area contributed by atoms with E-state index in [0.29, 0.717) is 17.2 Å². The number of likely N-dealkylation sites (tertiary alicyclic amines) is 1. The van der Waals surface area contributed by atoms with Gasteiger partial charge in [-0.1, -0.05) is 36.4 Å². The van der Waals surface area contributed by atoms with Gasteiger partial charge in [0.15, 0.2) is 16.8 Å². The summed E-state index contributed by atoms with van der Waals surface area (Å²) >= 11 is 6.12. The Morgan fingerprint density at radius 1 is 1.08 bits per heavy atom. The van der Waals surface area contributed by atoms with Crippen LogP contribution < -0.4 is 21.3 Å². The molecule has 8 nitrogen and oxygen atoms in total. The van der Waals surface area contributed by atoms with Crippen molar-refractivity contribution in [1.82, 2.24) is 25.1 Å². The van der Waals surface area contributed by atoms with Crippen LogP contribution >= 0.6 is 11.6 Å². The summed E-state index contributed by atoms with van der Waals surface area (Å²) < 4.78 is 16.3. The second-order valence-corrected chi connectivity index (χ2v) is 11.1. The van der Waals surface area contributed by atoms with E-state index in [1.165, 1.54) is 6.33 Å². The van der Waals surface area contributed by atoms with Crippen molar-refractivity contribution in [2.24, 2.45) is 5.92 Å². The van der Waals surface area contributed by atoms with Crippen molar-refractivity contribution in [2.75, 3.05) is 69.3 Å². The summed E-state index contributed by atoms with van der Waals surface area (Å²) in [4.78, 5) is 15.0. The maximum atomic E-state index is 16.3. The van der Waals surface area contributed by atoms with Gasteiger partial charge in [-0.2, -0.15) is 0 Å². The van der Waals surface area contributed by atoms with Crippen LogP contribution in [-0.2, 0) is 0 Å². The van der Waals surface area contributed by atoms with E-state index in [9.17, 15) is 0 Å². The fourth-order valence-electron chi connectivity index (χ4n) is 5.45. The number of nitrogens with one attached hydrogen (secondary N) is 2. The molecule has 2 saturated heterocycles. The Hall–Kier alpha value is -3.14. The van der Waals surface area contributed by atoms with Gasteiger partial charge in [-0.25, -0.2) is 14.4 Å². The van der Waals surface area contributed by atoms with Gasteiger partial charge in [-0.3, -0.25) is 0 Å². The summed E-state index contributed by atoms with van der Waals surface area (Å²) in [7, 11) is 4.26. The van der Waals surface area contributed by atoms with Crippen molar-refractivity contribution < 1.29 is 4.39 Å². The monoisotopic (exact) mass is 552 g/mol. The van der Waals surface area contributed by atoms with Gasteiger partial charge >= 0.3 is 0 Å².